The molecule has 15 aromatic rings. The molecule has 3 aliphatic rings. The zero-order valence-corrected chi connectivity index (χ0v) is 46.5. The lowest BCUT2D eigenvalue weighted by Gasteiger charge is -2.41. The normalized spacial score (nSPS) is 17.2. The molecule has 0 unspecified atom stereocenters. The van der Waals surface area contributed by atoms with E-state index in [1.54, 1.807) is 4.57 Å². The molecule has 0 saturated carbocycles. The Morgan fingerprint density at radius 3 is 2.20 bits per heavy atom. The molecule has 2 aliphatic heterocycles. The van der Waals surface area contributed by atoms with Crippen molar-refractivity contribution >= 4 is 123 Å². The van der Waals surface area contributed by atoms with Gasteiger partial charge in [-0.05, 0) is 124 Å². The summed E-state index contributed by atoms with van der Waals surface area (Å²) in [5, 5.41) is 6.11. The smallest absolute Gasteiger partial charge is 0.256 e. The molecule has 8 heteroatoms. The van der Waals surface area contributed by atoms with Crippen LogP contribution in [-0.2, 0) is 11.8 Å². The van der Waals surface area contributed by atoms with Crippen molar-refractivity contribution in [2.75, 3.05) is 4.90 Å². The Morgan fingerprint density at radius 1 is 0.529 bits per heavy atom. The lowest BCUT2D eigenvalue weighted by molar-refractivity contribution is 0.487. The maximum absolute atomic E-state index is 9.69. The van der Waals surface area contributed by atoms with E-state index >= 15 is 0 Å². The van der Waals surface area contributed by atoms with E-state index in [1.807, 2.05) is 67.0 Å². The molecule has 0 N–H and O–H groups in total. The van der Waals surface area contributed by atoms with Gasteiger partial charge in [-0.1, -0.05) is 166 Å². The number of hydrogen-bond acceptors (Lipinski definition) is 5. The van der Waals surface area contributed by atoms with E-state index in [9.17, 15) is 5.48 Å². The lowest BCUT2D eigenvalue weighted by atomic mass is 9.34. The third-order valence-corrected chi connectivity index (χ3v) is 17.7. The molecule has 0 fully saturated rings. The number of para-hydroxylation sites is 4. The van der Waals surface area contributed by atoms with E-state index in [0.717, 1.165) is 127 Å². The summed E-state index contributed by atoms with van der Waals surface area (Å²) >= 11 is 0. The number of anilines is 3. The fourth-order valence-electron chi connectivity index (χ4n) is 13.9. The summed E-state index contributed by atoms with van der Waals surface area (Å²) < 4.78 is 99.3. The summed E-state index contributed by atoms with van der Waals surface area (Å²) in [6, 6.07) is 60.5. The third kappa shape index (κ3) is 7.06. The number of rotatable bonds is 5. The van der Waals surface area contributed by atoms with Gasteiger partial charge in [0.05, 0.1) is 39.4 Å². The predicted octanol–water partition coefficient (Wildman–Crippen LogP) is 18.5. The highest BCUT2D eigenvalue weighted by atomic mass is 16.5. The van der Waals surface area contributed by atoms with Crippen molar-refractivity contribution in [3.63, 3.8) is 0 Å². The van der Waals surface area contributed by atoms with E-state index in [0.29, 0.717) is 28.5 Å². The maximum Gasteiger partial charge on any atom is 0.256 e. The molecule has 0 amide bonds. The van der Waals surface area contributed by atoms with Crippen molar-refractivity contribution in [2.45, 2.75) is 39.0 Å². The molecule has 5 aromatic heterocycles. The average Bonchev–Trinajstić information content (AvgIpc) is 1.40. The molecule has 7 heterocycles. The number of ether oxygens (including phenoxy) is 1. The van der Waals surface area contributed by atoms with Gasteiger partial charge in [-0.2, -0.15) is 0 Å². The van der Waals surface area contributed by atoms with Crippen molar-refractivity contribution < 1.29 is 24.5 Å². The molecule has 0 atom stereocenters. The molecule has 10 aromatic carbocycles. The van der Waals surface area contributed by atoms with Crippen LogP contribution in [0.15, 0.2) is 246 Å². The number of fused-ring (bicyclic) bond motifs is 17. The first-order valence-corrected chi connectivity index (χ1v) is 28.8. The summed E-state index contributed by atoms with van der Waals surface area (Å²) in [4.78, 5) is 6.92. The summed E-state index contributed by atoms with van der Waals surface area (Å²) in [7, 11) is 0. The Balaban J connectivity index is 0.962. The van der Waals surface area contributed by atoms with Crippen molar-refractivity contribution in [3.8, 4) is 45.1 Å². The van der Waals surface area contributed by atoms with E-state index in [-0.39, 0.29) is 71.0 Å². The summed E-state index contributed by atoms with van der Waals surface area (Å²) in [5.74, 6) is 1.29. The molecular weight excluding hydrogens is 1040 g/mol. The SMILES string of the molecule is [2H]/C1=C(\[2H])Cc2c(c3c([2H])c([2H])c([2H])c([2H])c3n2-c2ccc3c(c2)N(c2ccc(C(C)(C)C)cc2-c2ccccc2)c2cc(-c4cccc5c4oc4ccc6oc7ccccc7c6c45)cc4c2B3c2ccc(-n3c5ccccc5c5ccncc53)cc2O4)/C([2H])=C(/[2H])C1. The van der Waals surface area contributed by atoms with Gasteiger partial charge in [0, 0.05) is 102 Å². The van der Waals surface area contributed by atoms with E-state index < -0.39 is 18.8 Å². The van der Waals surface area contributed by atoms with Crippen LogP contribution < -0.4 is 26.0 Å². The van der Waals surface area contributed by atoms with E-state index in [4.69, 9.17) is 19.1 Å². The minimum Gasteiger partial charge on any atom is -0.458 e. The molecule has 0 saturated heterocycles. The quantitative estimate of drug-likeness (QED) is 0.127. The van der Waals surface area contributed by atoms with Crippen molar-refractivity contribution in [1.82, 2.24) is 14.1 Å². The van der Waals surface area contributed by atoms with Crippen LogP contribution in [0, 0.1) is 0 Å². The van der Waals surface area contributed by atoms with Gasteiger partial charge in [-0.3, -0.25) is 4.98 Å². The van der Waals surface area contributed by atoms with E-state index in [2.05, 4.69) is 163 Å². The highest BCUT2D eigenvalue weighted by Crippen LogP contribution is 2.50. The predicted molar refractivity (Wildman–Crippen MR) is 352 cm³/mol. The Hall–Kier alpha value is -10.6. The van der Waals surface area contributed by atoms with Crippen LogP contribution in [0.1, 0.15) is 55.0 Å². The molecular formula is C77H53BN4O3. The van der Waals surface area contributed by atoms with E-state index in [1.165, 1.54) is 0 Å². The Labute approximate surface area is 501 Å². The largest absolute Gasteiger partial charge is 0.458 e. The van der Waals surface area contributed by atoms with Gasteiger partial charge in [0.15, 0.2) is 0 Å². The molecule has 7 nitrogen and oxygen atoms in total. The topological polar surface area (TPSA) is 61.5 Å². The molecule has 0 radical (unpaired) electrons. The number of allylic oxidation sites excluding steroid dienone is 3. The summed E-state index contributed by atoms with van der Waals surface area (Å²) in [6.07, 6.45) is 3.30. The minimum absolute atomic E-state index is 0.0785. The number of nitrogens with zero attached hydrogens (tertiary/aromatic N) is 4. The molecule has 1 aliphatic carbocycles. The third-order valence-electron chi connectivity index (χ3n) is 17.7. The first-order valence-electron chi connectivity index (χ1n) is 32.8. The highest BCUT2D eigenvalue weighted by Gasteiger charge is 2.43. The van der Waals surface area contributed by atoms with Crippen molar-refractivity contribution in [2.24, 2.45) is 0 Å². The maximum atomic E-state index is 9.69. The highest BCUT2D eigenvalue weighted by molar-refractivity contribution is 6.99. The van der Waals surface area contributed by atoms with Crippen molar-refractivity contribution in [3.05, 3.63) is 254 Å². The van der Waals surface area contributed by atoms with Crippen LogP contribution in [0.25, 0.3) is 116 Å². The zero-order valence-electron chi connectivity index (χ0n) is 54.5. The Morgan fingerprint density at radius 2 is 1.31 bits per heavy atom. The number of furan rings is 2. The number of aromatic nitrogens is 3. The number of hydrogen-bond donors (Lipinski definition) is 0. The molecule has 18 rings (SSSR count). The zero-order chi connectivity index (χ0) is 63.2. The number of pyridine rings is 1. The standard InChI is InChI=1S/C77H53BN4O3/c1-77(2,3)48-30-35-64(58(42-48)46-18-7-6-8-19-46)82-65-43-49(80-61-26-10-5-4-9-20-52(61)53-21-11-14-27-62(53)80)31-33-59(65)78-60-34-32-50(81-63-28-15-12-22-54(63)55-38-39-79-45-67(55)81)44-71(60)84-72-41-47(40-66(82)75(72)78)51-24-17-25-57-74-70(85-76(51)57)37-36-69-73(74)56-23-13-16-29-68(56)83-69/h5-25,27-45H,4,26H2,1-3H3/b10-5-,20-9-/i5D,9D,10D,11D,14D,20D,21D,27D. The van der Waals surface area contributed by atoms with Gasteiger partial charge in [0.2, 0.25) is 0 Å². The fraction of sp³-hybridized carbons (Fsp3) is 0.0779. The monoisotopic (exact) mass is 1100 g/mol. The van der Waals surface area contributed by atoms with Crippen LogP contribution in [0.2, 0.25) is 0 Å². The van der Waals surface area contributed by atoms with Gasteiger partial charge >= 0.3 is 0 Å². The van der Waals surface area contributed by atoms with Gasteiger partial charge in [-0.25, -0.2) is 0 Å². The van der Waals surface area contributed by atoms with Crippen LogP contribution in [0.5, 0.6) is 11.5 Å². The van der Waals surface area contributed by atoms with Gasteiger partial charge in [0.25, 0.3) is 6.71 Å². The second kappa shape index (κ2) is 18.0. The Kier molecular flexibility index (Phi) is 8.58. The molecule has 0 spiro atoms. The number of benzene rings is 10. The molecule has 402 valence electrons. The summed E-state index contributed by atoms with van der Waals surface area (Å²) in [5.41, 5.74) is 16.5. The average molecular weight is 1100 g/mol. The van der Waals surface area contributed by atoms with Gasteiger partial charge in [-0.15, -0.1) is 0 Å². The van der Waals surface area contributed by atoms with Gasteiger partial charge in [0.1, 0.15) is 33.8 Å². The lowest BCUT2D eigenvalue weighted by Crippen LogP contribution is -2.59. The van der Waals surface area contributed by atoms with Crippen LogP contribution in [-0.4, -0.2) is 20.8 Å². The second-order valence-corrected chi connectivity index (χ2v) is 23.4. The minimum atomic E-state index is -0.471. The first kappa shape index (κ1) is 40.6. The first-order chi connectivity index (χ1) is 45.1. The Bertz CT molecular complexity index is 5860. The van der Waals surface area contributed by atoms with Crippen molar-refractivity contribution in [1.29, 1.82) is 0 Å². The van der Waals surface area contributed by atoms with Crippen LogP contribution in [0.3, 0.4) is 0 Å². The fourth-order valence-corrected chi connectivity index (χ4v) is 13.9. The molecule has 0 bridgehead atoms. The van der Waals surface area contributed by atoms with Crippen LogP contribution in [0.4, 0.5) is 17.1 Å². The summed E-state index contributed by atoms with van der Waals surface area (Å²) in [6.45, 7) is 6.18. The van der Waals surface area contributed by atoms with Gasteiger partial charge < -0.3 is 27.6 Å². The second-order valence-electron chi connectivity index (χ2n) is 23.4. The van der Waals surface area contributed by atoms with Crippen LogP contribution >= 0.6 is 0 Å². The molecule has 85 heavy (non-hydrogen) atoms.